The van der Waals surface area contributed by atoms with Crippen molar-refractivity contribution in [2.75, 3.05) is 9.80 Å². The van der Waals surface area contributed by atoms with Crippen molar-refractivity contribution in [2.24, 2.45) is 0 Å². The number of benzene rings is 16. The molecule has 16 aromatic rings. The van der Waals surface area contributed by atoms with E-state index in [4.69, 9.17) is 9.47 Å². The molecule has 0 N–H and O–H groups in total. The van der Waals surface area contributed by atoms with Gasteiger partial charge in [0.1, 0.15) is 69.3 Å². The Balaban J connectivity index is 0.777. The first kappa shape index (κ1) is 68.1. The number of para-hydroxylation sites is 2. The van der Waals surface area contributed by atoms with Gasteiger partial charge in [0.15, 0.2) is 0 Å². The van der Waals surface area contributed by atoms with E-state index in [1.807, 2.05) is 218 Å². The average Bonchev–Trinajstić information content (AvgIpc) is 1.51. The molecule has 540 valence electrons. The minimum Gasteiger partial charge on any atom is -0.457 e. The molecule has 4 aliphatic carbocycles. The molecule has 113 heavy (non-hydrogen) atoms. The fourth-order valence-corrected chi connectivity index (χ4v) is 18.6. The lowest BCUT2D eigenvalue weighted by Gasteiger charge is -2.36. The Morgan fingerprint density at radius 3 is 0.752 bits per heavy atom. The van der Waals surface area contributed by atoms with Crippen LogP contribution in [-0.2, 0) is 16.2 Å². The lowest BCUT2D eigenvalue weighted by molar-refractivity contribution is 0.482. The zero-order chi connectivity index (χ0) is 76.4. The molecule has 20 rings (SSSR count). The summed E-state index contributed by atoms with van der Waals surface area (Å²) in [6.07, 6.45) is 3.54. The van der Waals surface area contributed by atoms with E-state index < -0.39 is 51.1 Å². The van der Waals surface area contributed by atoms with Crippen molar-refractivity contribution in [3.63, 3.8) is 0 Å². The van der Waals surface area contributed by atoms with Gasteiger partial charge in [0, 0.05) is 22.7 Å². The Labute approximate surface area is 649 Å². The molecule has 0 radical (unpaired) electrons. The zero-order valence-corrected chi connectivity index (χ0v) is 60.5. The van der Waals surface area contributed by atoms with Crippen molar-refractivity contribution in [3.05, 3.63) is 478 Å². The standard InChI is InChI=1S/C103H64F6N2O2/c1-3-63-27-47-75(48-28-63)112-77-51-35-67(36-52-77)101(65-31-39-69(104)40-32-65)87-19-9-5-15-79(87)83-55-43-71(59-91(83)101)110(99-95(106)23-13-24-96(99)107)73-45-57-85-81-17-7-11-21-89(81)103(93(85)61-73)90-22-12-8-18-82(90)86-58-46-74(62-94(86)103)111(100-97(108)25-14-26-98(100)109)72-44-56-84-80-16-6-10-20-88(80)102(92(84)60-72,66-33-41-70(105)42-34-66)68-37-53-78(54-38-68)113-76-49-29-64(4-2)30-50-76/h3-62H,1-2H2. The maximum atomic E-state index is 17.6. The maximum absolute atomic E-state index is 17.6. The maximum Gasteiger partial charge on any atom is 0.150 e. The van der Waals surface area contributed by atoms with E-state index in [9.17, 15) is 0 Å². The molecule has 0 heterocycles. The third-order valence-corrected chi connectivity index (χ3v) is 23.3. The van der Waals surface area contributed by atoms with Gasteiger partial charge in [-0.1, -0.05) is 232 Å². The van der Waals surface area contributed by atoms with Gasteiger partial charge in [0.25, 0.3) is 0 Å². The summed E-state index contributed by atoms with van der Waals surface area (Å²) in [6.45, 7) is 7.79. The van der Waals surface area contributed by atoms with Gasteiger partial charge in [0.2, 0.25) is 0 Å². The Hall–Kier alpha value is -14.2. The molecule has 0 bridgehead atoms. The molecule has 0 saturated heterocycles. The molecule has 0 saturated carbocycles. The van der Waals surface area contributed by atoms with E-state index in [-0.39, 0.29) is 11.4 Å². The molecule has 0 fully saturated rings. The molecule has 2 atom stereocenters. The second kappa shape index (κ2) is 26.5. The summed E-state index contributed by atoms with van der Waals surface area (Å²) in [5, 5.41) is 0. The van der Waals surface area contributed by atoms with Crippen molar-refractivity contribution in [2.45, 2.75) is 16.2 Å². The van der Waals surface area contributed by atoms with Crippen LogP contribution in [0.3, 0.4) is 0 Å². The van der Waals surface area contributed by atoms with E-state index in [0.717, 1.165) is 122 Å². The highest BCUT2D eigenvalue weighted by Gasteiger charge is 2.54. The number of fused-ring (bicyclic) bond motifs is 16. The third kappa shape index (κ3) is 10.4. The van der Waals surface area contributed by atoms with Crippen molar-refractivity contribution in [1.29, 1.82) is 0 Å². The number of rotatable bonds is 16. The number of anilines is 6. The summed E-state index contributed by atoms with van der Waals surface area (Å²) in [6, 6.07) is 108. The highest BCUT2D eigenvalue weighted by Crippen LogP contribution is 2.66. The lowest BCUT2D eigenvalue weighted by atomic mass is 9.67. The third-order valence-electron chi connectivity index (χ3n) is 23.3. The van der Waals surface area contributed by atoms with Crippen LogP contribution >= 0.6 is 0 Å². The molecule has 4 aliphatic rings. The second-order valence-electron chi connectivity index (χ2n) is 29.0. The molecule has 1 spiro atoms. The van der Waals surface area contributed by atoms with Gasteiger partial charge in [-0.2, -0.15) is 0 Å². The summed E-state index contributed by atoms with van der Waals surface area (Å²) in [7, 11) is 0. The van der Waals surface area contributed by atoms with Gasteiger partial charge in [-0.05, 0) is 268 Å². The minimum atomic E-state index is -1.19. The van der Waals surface area contributed by atoms with Crippen molar-refractivity contribution in [1.82, 2.24) is 0 Å². The van der Waals surface area contributed by atoms with Crippen molar-refractivity contribution < 1.29 is 35.8 Å². The Kier molecular flexibility index (Phi) is 16.0. The first-order valence-corrected chi connectivity index (χ1v) is 37.4. The highest BCUT2D eigenvalue weighted by molar-refractivity contribution is 5.99. The Bertz CT molecular complexity index is 6120. The van der Waals surface area contributed by atoms with Crippen LogP contribution in [0.1, 0.15) is 77.9 Å². The summed E-state index contributed by atoms with van der Waals surface area (Å²) < 4.78 is 114. The van der Waals surface area contributed by atoms with Gasteiger partial charge < -0.3 is 19.3 Å². The molecular formula is C103H64F6N2O2. The summed E-state index contributed by atoms with van der Waals surface area (Å²) in [5.74, 6) is -1.63. The normalized spacial score (nSPS) is 16.1. The van der Waals surface area contributed by atoms with Gasteiger partial charge in [0.05, 0.1) is 16.2 Å². The molecule has 10 heteroatoms. The van der Waals surface area contributed by atoms with Gasteiger partial charge in [-0.15, -0.1) is 0 Å². The highest BCUT2D eigenvalue weighted by atomic mass is 19.2. The van der Waals surface area contributed by atoms with Crippen LogP contribution < -0.4 is 19.3 Å². The van der Waals surface area contributed by atoms with E-state index in [2.05, 4.69) is 61.7 Å². The molecular weight excluding hydrogens is 1410 g/mol. The van der Waals surface area contributed by atoms with Crippen LogP contribution in [-0.4, -0.2) is 0 Å². The SMILES string of the molecule is C=Cc1ccc(Oc2ccc(C3(c4ccc(F)cc4)c4ccccc4-c4ccc(N(c5ccc6c(c5)C5(c7ccccc7-6)c6ccccc6-c6ccc(N(c7ccc8c(c7)C(c7ccc(F)cc7)(c7ccc(Oc9ccc(C=C)cc9)cc7)c7ccccc7-8)c7c(F)cccc7F)cc65)c5c(F)cccc5F)cc43)cc2)cc1. The smallest absolute Gasteiger partial charge is 0.150 e. The topological polar surface area (TPSA) is 24.9 Å². The fraction of sp³-hybridized carbons (Fsp3) is 0.0291. The molecule has 4 nitrogen and oxygen atoms in total. The predicted molar refractivity (Wildman–Crippen MR) is 440 cm³/mol. The van der Waals surface area contributed by atoms with Crippen molar-refractivity contribution >= 4 is 46.3 Å². The molecule has 0 amide bonds. The van der Waals surface area contributed by atoms with Gasteiger partial charge in [-0.3, -0.25) is 0 Å². The second-order valence-corrected chi connectivity index (χ2v) is 29.0. The minimum absolute atomic E-state index is 0.322. The lowest BCUT2D eigenvalue weighted by Crippen LogP contribution is -2.29. The van der Waals surface area contributed by atoms with Crippen LogP contribution in [0.2, 0.25) is 0 Å². The molecule has 2 unspecified atom stereocenters. The summed E-state index contributed by atoms with van der Waals surface area (Å²) in [4.78, 5) is 3.30. The fourth-order valence-electron chi connectivity index (χ4n) is 18.6. The van der Waals surface area contributed by atoms with Crippen LogP contribution in [0, 0.1) is 34.9 Å². The summed E-state index contributed by atoms with van der Waals surface area (Å²) >= 11 is 0. The van der Waals surface area contributed by atoms with E-state index in [1.165, 1.54) is 60.7 Å². The van der Waals surface area contributed by atoms with E-state index >= 15 is 26.3 Å². The Morgan fingerprint density at radius 2 is 0.469 bits per heavy atom. The van der Waals surface area contributed by atoms with Crippen LogP contribution in [0.25, 0.3) is 56.7 Å². The van der Waals surface area contributed by atoms with E-state index in [1.54, 1.807) is 46.2 Å². The first-order valence-electron chi connectivity index (χ1n) is 37.4. The first-order chi connectivity index (χ1) is 55.4. The average molecular weight is 1480 g/mol. The van der Waals surface area contributed by atoms with Crippen LogP contribution in [0.15, 0.2) is 365 Å². The monoisotopic (exact) mass is 1470 g/mol. The number of halogens is 6. The predicted octanol–water partition coefficient (Wildman–Crippen LogP) is 27.4. The Morgan fingerprint density at radius 1 is 0.230 bits per heavy atom. The number of nitrogens with zero attached hydrogens (tertiary/aromatic N) is 2. The molecule has 16 aromatic carbocycles. The number of ether oxygens (including phenoxy) is 2. The molecule has 0 aliphatic heterocycles. The molecule has 0 aromatic heterocycles. The zero-order valence-electron chi connectivity index (χ0n) is 60.5. The number of hydrogen-bond donors (Lipinski definition) is 0. The quantitative estimate of drug-likeness (QED) is 0.0900. The van der Waals surface area contributed by atoms with E-state index in [0.29, 0.717) is 45.7 Å². The van der Waals surface area contributed by atoms with Gasteiger partial charge >= 0.3 is 0 Å². The van der Waals surface area contributed by atoms with Crippen LogP contribution in [0.5, 0.6) is 23.0 Å². The van der Waals surface area contributed by atoms with Crippen molar-refractivity contribution in [3.8, 4) is 67.5 Å². The summed E-state index contributed by atoms with van der Waals surface area (Å²) in [5.41, 5.74) is 16.7. The number of hydrogen-bond acceptors (Lipinski definition) is 4. The van der Waals surface area contributed by atoms with Gasteiger partial charge in [-0.25, -0.2) is 26.3 Å². The largest absolute Gasteiger partial charge is 0.457 e. The van der Waals surface area contributed by atoms with Crippen LogP contribution in [0.4, 0.5) is 60.5 Å².